The lowest BCUT2D eigenvalue weighted by Crippen LogP contribution is -2.46. The molecule has 1 atom stereocenters. The topological polar surface area (TPSA) is 28.3 Å². The zero-order valence-corrected chi connectivity index (χ0v) is 16.4. The molecular weight excluding hydrogens is 377 g/mol. The first-order chi connectivity index (χ1) is 14.0. The second-order valence-electron chi connectivity index (χ2n) is 7.80. The van der Waals surface area contributed by atoms with Crippen LogP contribution in [0.15, 0.2) is 48.7 Å². The molecule has 0 aliphatic carbocycles. The number of rotatable bonds is 6. The Kier molecular flexibility index (Phi) is 5.54. The summed E-state index contributed by atoms with van der Waals surface area (Å²) in [7, 11) is 1.60. The van der Waals surface area contributed by atoms with E-state index < -0.39 is 11.8 Å². The van der Waals surface area contributed by atoms with Crippen molar-refractivity contribution in [3.05, 3.63) is 65.6 Å². The summed E-state index contributed by atoms with van der Waals surface area (Å²) in [5, 5.41) is 0.939. The second kappa shape index (κ2) is 8.11. The SMILES string of the molecule is COc1ccccc1CCC1CN(Cc2c[nH]c3cc(F)ccc23)CCC1(F)F. The molecule has 1 aromatic heterocycles. The molecule has 1 fully saturated rings. The Morgan fingerprint density at radius 1 is 1.17 bits per heavy atom. The van der Waals surface area contributed by atoms with Gasteiger partial charge in [-0.2, -0.15) is 0 Å². The van der Waals surface area contributed by atoms with Crippen molar-refractivity contribution in [2.24, 2.45) is 5.92 Å². The number of ether oxygens (including phenoxy) is 1. The fourth-order valence-electron chi connectivity index (χ4n) is 4.26. The Labute approximate surface area is 168 Å². The Morgan fingerprint density at radius 2 is 2.00 bits per heavy atom. The summed E-state index contributed by atoms with van der Waals surface area (Å²) in [4.78, 5) is 5.16. The van der Waals surface area contributed by atoms with Crippen LogP contribution in [0.3, 0.4) is 0 Å². The van der Waals surface area contributed by atoms with Crippen LogP contribution in [0.25, 0.3) is 10.9 Å². The average Bonchev–Trinajstić information content (AvgIpc) is 3.10. The molecule has 3 aromatic rings. The summed E-state index contributed by atoms with van der Waals surface area (Å²) < 4.78 is 47.9. The van der Waals surface area contributed by atoms with Crippen LogP contribution in [-0.4, -0.2) is 36.0 Å². The molecule has 0 spiro atoms. The van der Waals surface area contributed by atoms with Crippen molar-refractivity contribution in [3.63, 3.8) is 0 Å². The molecule has 0 bridgehead atoms. The third kappa shape index (κ3) is 4.27. The molecular formula is C23H25F3N2O. The van der Waals surface area contributed by atoms with Crippen molar-refractivity contribution >= 4 is 10.9 Å². The first kappa shape index (κ1) is 19.8. The number of aromatic amines is 1. The number of piperidine rings is 1. The zero-order valence-electron chi connectivity index (χ0n) is 16.4. The zero-order chi connectivity index (χ0) is 20.4. The van der Waals surface area contributed by atoms with E-state index in [0.717, 1.165) is 27.8 Å². The van der Waals surface area contributed by atoms with Crippen molar-refractivity contribution in [2.45, 2.75) is 31.7 Å². The summed E-state index contributed by atoms with van der Waals surface area (Å²) in [5.74, 6) is -2.92. The number of aryl methyl sites for hydroxylation is 1. The fourth-order valence-corrected chi connectivity index (χ4v) is 4.26. The van der Waals surface area contributed by atoms with Crippen LogP contribution < -0.4 is 4.74 Å². The molecule has 2 heterocycles. The van der Waals surface area contributed by atoms with E-state index in [-0.39, 0.29) is 12.2 Å². The number of aromatic nitrogens is 1. The highest BCUT2D eigenvalue weighted by molar-refractivity contribution is 5.83. The summed E-state index contributed by atoms with van der Waals surface area (Å²) in [6.45, 7) is 1.27. The highest BCUT2D eigenvalue weighted by atomic mass is 19.3. The number of likely N-dealkylation sites (tertiary alicyclic amines) is 1. The molecule has 4 rings (SSSR count). The van der Waals surface area contributed by atoms with E-state index in [1.54, 1.807) is 13.2 Å². The van der Waals surface area contributed by atoms with Crippen molar-refractivity contribution in [1.82, 2.24) is 9.88 Å². The van der Waals surface area contributed by atoms with E-state index in [0.29, 0.717) is 32.5 Å². The van der Waals surface area contributed by atoms with Gasteiger partial charge in [-0.15, -0.1) is 0 Å². The largest absolute Gasteiger partial charge is 0.496 e. The molecule has 6 heteroatoms. The lowest BCUT2D eigenvalue weighted by molar-refractivity contribution is -0.109. The van der Waals surface area contributed by atoms with E-state index in [2.05, 4.69) is 9.88 Å². The molecule has 0 radical (unpaired) electrons. The minimum absolute atomic E-state index is 0.138. The lowest BCUT2D eigenvalue weighted by Gasteiger charge is -2.38. The van der Waals surface area contributed by atoms with Gasteiger partial charge < -0.3 is 9.72 Å². The van der Waals surface area contributed by atoms with Gasteiger partial charge in [0.15, 0.2) is 0 Å². The van der Waals surface area contributed by atoms with Gasteiger partial charge in [0.2, 0.25) is 0 Å². The number of alkyl halides is 2. The molecule has 1 saturated heterocycles. The van der Waals surface area contributed by atoms with Crippen molar-refractivity contribution in [1.29, 1.82) is 0 Å². The minimum Gasteiger partial charge on any atom is -0.496 e. The standard InChI is InChI=1S/C23H25F3N2O/c1-29-22-5-3-2-4-16(22)6-7-18-15-28(11-10-23(18,25)26)14-17-13-27-21-12-19(24)8-9-20(17)21/h2-5,8-9,12-13,18,27H,6-7,10-11,14-15H2,1H3. The lowest BCUT2D eigenvalue weighted by atomic mass is 9.87. The second-order valence-corrected chi connectivity index (χ2v) is 7.80. The van der Waals surface area contributed by atoms with Crippen LogP contribution in [-0.2, 0) is 13.0 Å². The van der Waals surface area contributed by atoms with Gasteiger partial charge in [0.05, 0.1) is 7.11 Å². The predicted octanol–water partition coefficient (Wildman–Crippen LogP) is 5.41. The molecule has 3 nitrogen and oxygen atoms in total. The number of nitrogens with one attached hydrogen (secondary N) is 1. The van der Waals surface area contributed by atoms with E-state index in [1.807, 2.05) is 30.5 Å². The van der Waals surface area contributed by atoms with Crippen LogP contribution in [0.5, 0.6) is 5.75 Å². The summed E-state index contributed by atoms with van der Waals surface area (Å²) >= 11 is 0. The van der Waals surface area contributed by atoms with Crippen LogP contribution in [0.4, 0.5) is 13.2 Å². The van der Waals surface area contributed by atoms with Crippen molar-refractivity contribution in [3.8, 4) is 5.75 Å². The molecule has 1 aliphatic rings. The highest BCUT2D eigenvalue weighted by Crippen LogP contribution is 2.37. The Hall–Kier alpha value is -2.47. The number of nitrogens with zero attached hydrogens (tertiary/aromatic N) is 1. The average molecular weight is 402 g/mol. The van der Waals surface area contributed by atoms with Gasteiger partial charge in [0.1, 0.15) is 11.6 Å². The third-order valence-corrected chi connectivity index (χ3v) is 5.92. The number of hydrogen-bond donors (Lipinski definition) is 1. The third-order valence-electron chi connectivity index (χ3n) is 5.92. The molecule has 1 unspecified atom stereocenters. The Balaban J connectivity index is 1.45. The number of para-hydroxylation sites is 1. The van der Waals surface area contributed by atoms with Gasteiger partial charge in [-0.05, 0) is 48.2 Å². The van der Waals surface area contributed by atoms with E-state index in [9.17, 15) is 13.2 Å². The fraction of sp³-hybridized carbons (Fsp3) is 0.391. The molecule has 1 N–H and O–H groups in total. The number of benzene rings is 2. The Morgan fingerprint density at radius 3 is 2.83 bits per heavy atom. The number of halogens is 3. The minimum atomic E-state index is -2.66. The van der Waals surface area contributed by atoms with Gasteiger partial charge in [0.25, 0.3) is 5.92 Å². The molecule has 2 aromatic carbocycles. The summed E-state index contributed by atoms with van der Waals surface area (Å²) in [5.41, 5.74) is 2.70. The first-order valence-electron chi connectivity index (χ1n) is 9.94. The van der Waals surface area contributed by atoms with Gasteiger partial charge in [-0.3, -0.25) is 4.90 Å². The molecule has 1 aliphatic heterocycles. The van der Waals surface area contributed by atoms with Gasteiger partial charge in [0, 0.05) is 49.1 Å². The first-order valence-corrected chi connectivity index (χ1v) is 9.94. The predicted molar refractivity (Wildman–Crippen MR) is 108 cm³/mol. The number of H-pyrrole nitrogens is 1. The number of fused-ring (bicyclic) bond motifs is 1. The van der Waals surface area contributed by atoms with Crippen LogP contribution in [0.2, 0.25) is 0 Å². The Bertz CT molecular complexity index is 985. The van der Waals surface area contributed by atoms with Crippen molar-refractivity contribution in [2.75, 3.05) is 20.2 Å². The van der Waals surface area contributed by atoms with Gasteiger partial charge >= 0.3 is 0 Å². The van der Waals surface area contributed by atoms with Crippen LogP contribution >= 0.6 is 0 Å². The van der Waals surface area contributed by atoms with E-state index in [4.69, 9.17) is 4.74 Å². The summed E-state index contributed by atoms with van der Waals surface area (Å²) in [6, 6.07) is 12.2. The van der Waals surface area contributed by atoms with Crippen LogP contribution in [0.1, 0.15) is 24.0 Å². The number of methoxy groups -OCH3 is 1. The maximum absolute atomic E-state index is 14.6. The maximum atomic E-state index is 14.6. The van der Waals surface area contributed by atoms with E-state index in [1.165, 1.54) is 12.1 Å². The normalized spacial score (nSPS) is 19.5. The molecule has 29 heavy (non-hydrogen) atoms. The molecule has 154 valence electrons. The monoisotopic (exact) mass is 402 g/mol. The number of hydrogen-bond acceptors (Lipinski definition) is 2. The van der Waals surface area contributed by atoms with Crippen molar-refractivity contribution < 1.29 is 17.9 Å². The van der Waals surface area contributed by atoms with Crippen LogP contribution in [0, 0.1) is 11.7 Å². The highest BCUT2D eigenvalue weighted by Gasteiger charge is 2.43. The quantitative estimate of drug-likeness (QED) is 0.598. The van der Waals surface area contributed by atoms with Gasteiger partial charge in [-0.1, -0.05) is 18.2 Å². The van der Waals surface area contributed by atoms with Gasteiger partial charge in [-0.25, -0.2) is 13.2 Å². The molecule has 0 amide bonds. The molecule has 0 saturated carbocycles. The maximum Gasteiger partial charge on any atom is 0.253 e. The van der Waals surface area contributed by atoms with E-state index >= 15 is 0 Å². The summed E-state index contributed by atoms with van der Waals surface area (Å²) in [6.07, 6.45) is 2.68. The smallest absolute Gasteiger partial charge is 0.253 e.